The van der Waals surface area contributed by atoms with Crippen LogP contribution in [0.1, 0.15) is 50.7 Å². The van der Waals surface area contributed by atoms with E-state index in [1.807, 2.05) is 61.3 Å². The van der Waals surface area contributed by atoms with Crippen LogP contribution in [0.2, 0.25) is 0 Å². The van der Waals surface area contributed by atoms with Crippen molar-refractivity contribution in [2.24, 2.45) is 0 Å². The minimum atomic E-state index is -0.179. The molecule has 192 valence electrons. The van der Waals surface area contributed by atoms with E-state index in [-0.39, 0.29) is 23.8 Å². The number of nitrogens with one attached hydrogen (secondary N) is 1. The van der Waals surface area contributed by atoms with Gasteiger partial charge in [-0.05, 0) is 74.3 Å². The first-order chi connectivity index (χ1) is 17.8. The van der Waals surface area contributed by atoms with Gasteiger partial charge in [-0.15, -0.1) is 0 Å². The number of aryl methyl sites for hydroxylation is 1. The average molecular weight is 499 g/mol. The molecule has 3 aromatic carbocycles. The number of carbonyl (C=O) groups is 3. The molecule has 1 atom stereocenters. The van der Waals surface area contributed by atoms with Crippen LogP contribution in [0, 0.1) is 6.92 Å². The summed E-state index contributed by atoms with van der Waals surface area (Å²) in [7, 11) is 5.48. The fourth-order valence-electron chi connectivity index (χ4n) is 4.75. The van der Waals surface area contributed by atoms with Gasteiger partial charge in [0.2, 0.25) is 5.91 Å². The van der Waals surface area contributed by atoms with Gasteiger partial charge in [-0.1, -0.05) is 36.4 Å². The number of benzene rings is 3. The highest BCUT2D eigenvalue weighted by Gasteiger charge is 2.29. The largest absolute Gasteiger partial charge is 0.348 e. The van der Waals surface area contributed by atoms with E-state index in [4.69, 9.17) is 0 Å². The summed E-state index contributed by atoms with van der Waals surface area (Å²) >= 11 is 0. The van der Waals surface area contributed by atoms with E-state index in [0.29, 0.717) is 29.9 Å². The maximum absolute atomic E-state index is 13.6. The molecule has 0 saturated carbocycles. The van der Waals surface area contributed by atoms with Crippen molar-refractivity contribution < 1.29 is 14.4 Å². The van der Waals surface area contributed by atoms with Crippen molar-refractivity contribution in [3.05, 3.63) is 95.1 Å². The zero-order valence-corrected chi connectivity index (χ0v) is 21.9. The summed E-state index contributed by atoms with van der Waals surface area (Å²) < 4.78 is 0. The lowest BCUT2D eigenvalue weighted by molar-refractivity contribution is -0.130. The Bertz CT molecular complexity index is 1290. The molecule has 0 saturated heterocycles. The molecule has 1 heterocycles. The zero-order valence-electron chi connectivity index (χ0n) is 21.9. The molecule has 7 nitrogen and oxygen atoms in total. The topological polar surface area (TPSA) is 73.0 Å². The first kappa shape index (κ1) is 26.1. The van der Waals surface area contributed by atoms with E-state index < -0.39 is 0 Å². The number of hydrogen-bond donors (Lipinski definition) is 1. The summed E-state index contributed by atoms with van der Waals surface area (Å²) in [5.41, 5.74) is 4.63. The molecule has 0 spiro atoms. The van der Waals surface area contributed by atoms with Gasteiger partial charge in [-0.3, -0.25) is 19.3 Å². The van der Waals surface area contributed by atoms with E-state index in [2.05, 4.69) is 10.2 Å². The van der Waals surface area contributed by atoms with Crippen LogP contribution in [0.5, 0.6) is 0 Å². The molecule has 1 N–H and O–H groups in total. The molecule has 1 aliphatic rings. The van der Waals surface area contributed by atoms with Crippen LogP contribution in [0.15, 0.2) is 72.8 Å². The third kappa shape index (κ3) is 5.89. The summed E-state index contributed by atoms with van der Waals surface area (Å²) in [5, 5.41) is 2.91. The molecule has 3 aromatic rings. The standard InChI is InChI=1S/C30H34N4O3/c1-21-10-5-6-11-24(21)29(36)31-23-17-15-22(16-18-23)30(37)34-19-9-14-26(25-12-7-8-13-27(25)34)33(4)20-28(35)32(2)3/h5-8,10-13,15-18,26H,9,14,19-20H2,1-4H3,(H,31,36). The highest BCUT2D eigenvalue weighted by Crippen LogP contribution is 2.36. The fourth-order valence-corrected chi connectivity index (χ4v) is 4.75. The lowest BCUT2D eigenvalue weighted by Gasteiger charge is -2.30. The van der Waals surface area contributed by atoms with Crippen LogP contribution in [0.3, 0.4) is 0 Å². The van der Waals surface area contributed by atoms with Gasteiger partial charge >= 0.3 is 0 Å². The van der Waals surface area contributed by atoms with Gasteiger partial charge in [-0.2, -0.15) is 0 Å². The number of para-hydroxylation sites is 1. The highest BCUT2D eigenvalue weighted by atomic mass is 16.2. The van der Waals surface area contributed by atoms with Gasteiger partial charge in [0.25, 0.3) is 11.8 Å². The van der Waals surface area contributed by atoms with E-state index in [1.54, 1.807) is 49.3 Å². The molecule has 7 heteroatoms. The van der Waals surface area contributed by atoms with E-state index >= 15 is 0 Å². The average Bonchev–Trinajstić information content (AvgIpc) is 3.09. The van der Waals surface area contributed by atoms with Crippen LogP contribution in [-0.4, -0.2) is 61.8 Å². The molecule has 3 amide bonds. The summed E-state index contributed by atoms with van der Waals surface area (Å²) in [4.78, 5) is 44.1. The van der Waals surface area contributed by atoms with E-state index in [9.17, 15) is 14.4 Å². The second-order valence-corrected chi connectivity index (χ2v) is 9.72. The van der Waals surface area contributed by atoms with Crippen molar-refractivity contribution in [1.29, 1.82) is 0 Å². The predicted molar refractivity (Wildman–Crippen MR) is 147 cm³/mol. The van der Waals surface area contributed by atoms with Crippen molar-refractivity contribution in [2.45, 2.75) is 25.8 Å². The molecule has 0 radical (unpaired) electrons. The molecule has 0 aromatic heterocycles. The second kappa shape index (κ2) is 11.4. The highest BCUT2D eigenvalue weighted by molar-refractivity contribution is 6.08. The predicted octanol–water partition coefficient (Wildman–Crippen LogP) is 4.75. The summed E-state index contributed by atoms with van der Waals surface area (Å²) in [6, 6.07) is 22.4. The summed E-state index contributed by atoms with van der Waals surface area (Å²) in [5.74, 6) is -0.217. The number of anilines is 2. The zero-order chi connectivity index (χ0) is 26.5. The van der Waals surface area contributed by atoms with Gasteiger partial charge in [0, 0.05) is 49.2 Å². The lowest BCUT2D eigenvalue weighted by Crippen LogP contribution is -2.36. The Hall–Kier alpha value is -3.97. The first-order valence-corrected chi connectivity index (χ1v) is 12.5. The van der Waals surface area contributed by atoms with Gasteiger partial charge < -0.3 is 15.1 Å². The number of carbonyl (C=O) groups excluding carboxylic acids is 3. The van der Waals surface area contributed by atoms with Crippen LogP contribution in [-0.2, 0) is 4.79 Å². The van der Waals surface area contributed by atoms with Crippen LogP contribution >= 0.6 is 0 Å². The number of amides is 3. The molecule has 37 heavy (non-hydrogen) atoms. The molecule has 4 rings (SSSR count). The number of nitrogens with zero attached hydrogens (tertiary/aromatic N) is 3. The third-order valence-corrected chi connectivity index (χ3v) is 6.89. The second-order valence-electron chi connectivity index (χ2n) is 9.72. The monoisotopic (exact) mass is 498 g/mol. The van der Waals surface area contributed by atoms with Gasteiger partial charge in [0.1, 0.15) is 0 Å². The maximum atomic E-state index is 13.6. The number of rotatable bonds is 6. The van der Waals surface area contributed by atoms with Crippen molar-refractivity contribution >= 4 is 29.1 Å². The fraction of sp³-hybridized carbons (Fsp3) is 0.300. The third-order valence-electron chi connectivity index (χ3n) is 6.89. The molecule has 1 unspecified atom stereocenters. The Morgan fingerprint density at radius 3 is 2.30 bits per heavy atom. The van der Waals surface area contributed by atoms with Gasteiger partial charge in [0.05, 0.1) is 6.54 Å². The lowest BCUT2D eigenvalue weighted by atomic mass is 10.00. The number of hydrogen-bond acceptors (Lipinski definition) is 4. The Morgan fingerprint density at radius 1 is 0.919 bits per heavy atom. The van der Waals surface area contributed by atoms with Gasteiger partial charge in [0.15, 0.2) is 0 Å². The molecule has 0 fully saturated rings. The first-order valence-electron chi connectivity index (χ1n) is 12.5. The molecule has 0 bridgehead atoms. The normalized spacial score (nSPS) is 15.1. The number of fused-ring (bicyclic) bond motifs is 1. The smallest absolute Gasteiger partial charge is 0.258 e. The quantitative estimate of drug-likeness (QED) is 0.532. The van der Waals surface area contributed by atoms with Gasteiger partial charge in [-0.25, -0.2) is 0 Å². The van der Waals surface area contributed by atoms with Crippen LogP contribution < -0.4 is 10.2 Å². The Morgan fingerprint density at radius 2 is 1.59 bits per heavy atom. The summed E-state index contributed by atoms with van der Waals surface area (Å²) in [6.45, 7) is 2.81. The van der Waals surface area contributed by atoms with Crippen molar-refractivity contribution in [2.75, 3.05) is 44.4 Å². The van der Waals surface area contributed by atoms with E-state index in [0.717, 1.165) is 29.7 Å². The van der Waals surface area contributed by atoms with Crippen molar-refractivity contribution in [3.8, 4) is 0 Å². The Labute approximate surface area is 218 Å². The molecular weight excluding hydrogens is 464 g/mol. The summed E-state index contributed by atoms with van der Waals surface area (Å²) in [6.07, 6.45) is 1.66. The van der Waals surface area contributed by atoms with Crippen molar-refractivity contribution in [1.82, 2.24) is 9.80 Å². The maximum Gasteiger partial charge on any atom is 0.258 e. The SMILES string of the molecule is Cc1ccccc1C(=O)Nc1ccc(C(=O)N2CCCC(N(C)CC(=O)N(C)C)c3ccccc32)cc1. The number of likely N-dealkylation sites (N-methyl/N-ethyl adjacent to an activating group) is 2. The molecule has 0 aliphatic carbocycles. The van der Waals surface area contributed by atoms with Crippen molar-refractivity contribution in [3.63, 3.8) is 0 Å². The van der Waals surface area contributed by atoms with Crippen LogP contribution in [0.25, 0.3) is 0 Å². The Balaban J connectivity index is 1.52. The minimum absolute atomic E-state index is 0.0388. The molecular formula is C30H34N4O3. The van der Waals surface area contributed by atoms with E-state index in [1.165, 1.54) is 0 Å². The molecule has 1 aliphatic heterocycles. The van der Waals surface area contributed by atoms with Crippen LogP contribution in [0.4, 0.5) is 11.4 Å². The minimum Gasteiger partial charge on any atom is -0.348 e. The Kier molecular flexibility index (Phi) is 8.04.